The summed E-state index contributed by atoms with van der Waals surface area (Å²) in [4.78, 5) is 24.5. The standard InChI is InChI=1S/C20H14F3NO5S/c1-28-10-5-3-9(4-6-10)18-14(20(26)27)13(8-30-18)24-19(25)11-7-12(21)17(29-2)16(23)15(11)22/h3-8H,1-2H3,(H,24,25)(H,26,27). The number of halogens is 3. The molecule has 3 aromatic rings. The second kappa shape index (κ2) is 8.46. The number of carbonyl (C=O) groups is 2. The Morgan fingerprint density at radius 2 is 1.70 bits per heavy atom. The summed E-state index contributed by atoms with van der Waals surface area (Å²) in [7, 11) is 2.44. The highest BCUT2D eigenvalue weighted by Crippen LogP contribution is 2.37. The van der Waals surface area contributed by atoms with Gasteiger partial charge in [0, 0.05) is 5.38 Å². The summed E-state index contributed by atoms with van der Waals surface area (Å²) < 4.78 is 51.4. The molecule has 0 unspecified atom stereocenters. The van der Waals surface area contributed by atoms with Gasteiger partial charge in [0.15, 0.2) is 17.4 Å². The fourth-order valence-corrected chi connectivity index (χ4v) is 3.74. The van der Waals surface area contributed by atoms with Crippen molar-refractivity contribution in [1.82, 2.24) is 0 Å². The second-order valence-electron chi connectivity index (χ2n) is 5.91. The van der Waals surface area contributed by atoms with Crippen LogP contribution >= 0.6 is 11.3 Å². The van der Waals surface area contributed by atoms with Gasteiger partial charge in [0.1, 0.15) is 11.3 Å². The third-order valence-corrected chi connectivity index (χ3v) is 5.20. The molecule has 2 N–H and O–H groups in total. The van der Waals surface area contributed by atoms with Gasteiger partial charge in [0.25, 0.3) is 5.91 Å². The van der Waals surface area contributed by atoms with Crippen LogP contribution in [-0.4, -0.2) is 31.2 Å². The molecule has 0 aliphatic carbocycles. The number of methoxy groups -OCH3 is 2. The average molecular weight is 437 g/mol. The van der Waals surface area contributed by atoms with Gasteiger partial charge in [-0.15, -0.1) is 11.3 Å². The summed E-state index contributed by atoms with van der Waals surface area (Å²) in [6, 6.07) is 7.02. The Kier molecular flexibility index (Phi) is 5.97. The van der Waals surface area contributed by atoms with Crippen LogP contribution in [0.5, 0.6) is 11.5 Å². The number of hydrogen-bond donors (Lipinski definition) is 2. The number of thiophene rings is 1. The minimum absolute atomic E-state index is 0.139. The smallest absolute Gasteiger partial charge is 0.339 e. The number of carboxylic acid groups (broad SMARTS) is 1. The Balaban J connectivity index is 1.98. The molecule has 2 aromatic carbocycles. The predicted molar refractivity (Wildman–Crippen MR) is 104 cm³/mol. The molecular weight excluding hydrogens is 423 g/mol. The topological polar surface area (TPSA) is 84.9 Å². The zero-order valence-corrected chi connectivity index (χ0v) is 16.4. The highest BCUT2D eigenvalue weighted by molar-refractivity contribution is 7.14. The first kappa shape index (κ1) is 21.2. The zero-order valence-electron chi connectivity index (χ0n) is 15.6. The Morgan fingerprint density at radius 1 is 1.03 bits per heavy atom. The Labute approximate surface area is 172 Å². The molecule has 0 atom stereocenters. The molecule has 0 saturated carbocycles. The van der Waals surface area contributed by atoms with Crippen LogP contribution in [0.3, 0.4) is 0 Å². The number of carbonyl (C=O) groups excluding carboxylic acids is 1. The minimum Gasteiger partial charge on any atom is -0.497 e. The summed E-state index contributed by atoms with van der Waals surface area (Å²) in [5.74, 6) is -7.50. The largest absolute Gasteiger partial charge is 0.497 e. The summed E-state index contributed by atoms with van der Waals surface area (Å²) in [6.07, 6.45) is 0. The van der Waals surface area contributed by atoms with E-state index in [1.54, 1.807) is 24.3 Å². The van der Waals surface area contributed by atoms with E-state index < -0.39 is 40.6 Å². The van der Waals surface area contributed by atoms with Crippen LogP contribution in [0.4, 0.5) is 18.9 Å². The van der Waals surface area contributed by atoms with Crippen LogP contribution in [0.2, 0.25) is 0 Å². The van der Waals surface area contributed by atoms with Gasteiger partial charge in [-0.2, -0.15) is 4.39 Å². The Morgan fingerprint density at radius 3 is 2.27 bits per heavy atom. The molecule has 0 spiro atoms. The van der Waals surface area contributed by atoms with E-state index in [1.165, 1.54) is 12.5 Å². The number of hydrogen-bond acceptors (Lipinski definition) is 5. The van der Waals surface area contributed by atoms with Gasteiger partial charge in [-0.3, -0.25) is 4.79 Å². The minimum atomic E-state index is -1.66. The average Bonchev–Trinajstić information content (AvgIpc) is 3.14. The normalized spacial score (nSPS) is 10.6. The lowest BCUT2D eigenvalue weighted by Crippen LogP contribution is -2.17. The van der Waals surface area contributed by atoms with Crippen molar-refractivity contribution < 1.29 is 37.3 Å². The Hall–Kier alpha value is -3.53. The molecule has 0 bridgehead atoms. The first-order chi connectivity index (χ1) is 14.3. The van der Waals surface area contributed by atoms with E-state index in [4.69, 9.17) is 4.74 Å². The number of rotatable bonds is 6. The van der Waals surface area contributed by atoms with Crippen LogP contribution < -0.4 is 14.8 Å². The molecule has 1 heterocycles. The van der Waals surface area contributed by atoms with E-state index in [0.717, 1.165) is 18.4 Å². The van der Waals surface area contributed by atoms with Gasteiger partial charge in [-0.1, -0.05) is 0 Å². The summed E-state index contributed by atoms with van der Waals surface area (Å²) >= 11 is 1.03. The van der Waals surface area contributed by atoms with Gasteiger partial charge in [0.2, 0.25) is 5.82 Å². The third kappa shape index (κ3) is 3.81. The zero-order chi connectivity index (χ0) is 22.0. The molecule has 156 valence electrons. The predicted octanol–water partition coefficient (Wildman–Crippen LogP) is 4.80. The van der Waals surface area contributed by atoms with E-state index >= 15 is 0 Å². The molecule has 1 aromatic heterocycles. The maximum Gasteiger partial charge on any atom is 0.339 e. The van der Waals surface area contributed by atoms with Gasteiger partial charge < -0.3 is 19.9 Å². The van der Waals surface area contributed by atoms with Gasteiger partial charge >= 0.3 is 5.97 Å². The number of anilines is 1. The number of aromatic carboxylic acids is 1. The Bertz CT molecular complexity index is 1130. The van der Waals surface area contributed by atoms with Crippen LogP contribution in [-0.2, 0) is 0 Å². The van der Waals surface area contributed by atoms with Gasteiger partial charge in [0.05, 0.1) is 30.3 Å². The van der Waals surface area contributed by atoms with Gasteiger partial charge in [-0.25, -0.2) is 13.6 Å². The van der Waals surface area contributed by atoms with Crippen molar-refractivity contribution in [3.63, 3.8) is 0 Å². The quantitative estimate of drug-likeness (QED) is 0.541. The fourth-order valence-electron chi connectivity index (χ4n) is 2.74. The summed E-state index contributed by atoms with van der Waals surface area (Å²) in [5.41, 5.74) is -0.765. The molecule has 0 aliphatic heterocycles. The number of ether oxygens (including phenoxy) is 2. The molecule has 1 amide bonds. The van der Waals surface area contributed by atoms with Crippen molar-refractivity contribution in [2.45, 2.75) is 0 Å². The van der Waals surface area contributed by atoms with Gasteiger partial charge in [-0.05, 0) is 35.9 Å². The van der Waals surface area contributed by atoms with Crippen molar-refractivity contribution in [3.8, 4) is 21.9 Å². The van der Waals surface area contributed by atoms with Crippen molar-refractivity contribution in [2.24, 2.45) is 0 Å². The molecule has 0 radical (unpaired) electrons. The van der Waals surface area contributed by atoms with Crippen molar-refractivity contribution in [1.29, 1.82) is 0 Å². The monoisotopic (exact) mass is 437 g/mol. The number of amides is 1. The molecule has 30 heavy (non-hydrogen) atoms. The van der Waals surface area contributed by atoms with Crippen LogP contribution in [0.25, 0.3) is 10.4 Å². The fraction of sp³-hybridized carbons (Fsp3) is 0.100. The molecule has 0 aliphatic rings. The molecule has 10 heteroatoms. The highest BCUT2D eigenvalue weighted by Gasteiger charge is 2.26. The molecule has 6 nitrogen and oxygen atoms in total. The van der Waals surface area contributed by atoms with Crippen LogP contribution in [0, 0.1) is 17.5 Å². The lowest BCUT2D eigenvalue weighted by Gasteiger charge is -2.10. The van der Waals surface area contributed by atoms with Crippen LogP contribution in [0.15, 0.2) is 35.7 Å². The van der Waals surface area contributed by atoms with E-state index in [1.807, 2.05) is 0 Å². The number of benzene rings is 2. The van der Waals surface area contributed by atoms with E-state index in [0.29, 0.717) is 22.3 Å². The van der Waals surface area contributed by atoms with E-state index in [-0.39, 0.29) is 11.3 Å². The first-order valence-electron chi connectivity index (χ1n) is 8.30. The second-order valence-corrected chi connectivity index (χ2v) is 6.79. The van der Waals surface area contributed by atoms with Crippen molar-refractivity contribution in [3.05, 3.63) is 64.3 Å². The van der Waals surface area contributed by atoms with E-state index in [9.17, 15) is 27.9 Å². The number of carboxylic acids is 1. The van der Waals surface area contributed by atoms with E-state index in [2.05, 4.69) is 10.1 Å². The highest BCUT2D eigenvalue weighted by atomic mass is 32.1. The third-order valence-electron chi connectivity index (χ3n) is 4.17. The summed E-state index contributed by atoms with van der Waals surface area (Å²) in [6.45, 7) is 0. The van der Waals surface area contributed by atoms with Crippen molar-refractivity contribution >= 4 is 28.9 Å². The SMILES string of the molecule is COc1ccc(-c2scc(NC(=O)c3cc(F)c(OC)c(F)c3F)c2C(=O)O)cc1. The lowest BCUT2D eigenvalue weighted by molar-refractivity contribution is 0.0699. The molecule has 0 fully saturated rings. The maximum atomic E-state index is 14.2. The molecular formula is C20H14F3NO5S. The van der Waals surface area contributed by atoms with Crippen molar-refractivity contribution in [2.75, 3.05) is 19.5 Å². The summed E-state index contributed by atoms with van der Waals surface area (Å²) in [5, 5.41) is 13.2. The van der Waals surface area contributed by atoms with Crippen LogP contribution in [0.1, 0.15) is 20.7 Å². The molecule has 3 rings (SSSR count). The lowest BCUT2D eigenvalue weighted by atomic mass is 10.1. The maximum absolute atomic E-state index is 14.2. The molecule has 0 saturated heterocycles. The number of nitrogens with one attached hydrogen (secondary N) is 1. The first-order valence-corrected chi connectivity index (χ1v) is 9.18.